The Kier molecular flexibility index (Phi) is 3.87. The third-order valence-corrected chi connectivity index (χ3v) is 4.57. The number of rotatable bonds is 3. The summed E-state index contributed by atoms with van der Waals surface area (Å²) in [5.74, 6) is 2.23. The van der Waals surface area contributed by atoms with Crippen molar-refractivity contribution in [1.82, 2.24) is 0 Å². The fourth-order valence-electron chi connectivity index (χ4n) is 2.86. The lowest BCUT2D eigenvalue weighted by Gasteiger charge is -2.27. The molecule has 2 unspecified atom stereocenters. The minimum Gasteiger partial charge on any atom is -0.495 e. The van der Waals surface area contributed by atoms with E-state index in [0.717, 1.165) is 34.4 Å². The molecule has 4 heteroatoms. The SMILES string of the molecule is COc1ccc(C2(N)CCC(C)C2)c(OC)c1Br. The quantitative estimate of drug-likeness (QED) is 0.929. The zero-order valence-corrected chi connectivity index (χ0v) is 12.7. The number of benzene rings is 1. The van der Waals surface area contributed by atoms with Gasteiger partial charge in [0.05, 0.1) is 14.2 Å². The Hall–Kier alpha value is -0.740. The van der Waals surface area contributed by atoms with Gasteiger partial charge in [-0.1, -0.05) is 6.92 Å². The summed E-state index contributed by atoms with van der Waals surface area (Å²) in [7, 11) is 3.32. The van der Waals surface area contributed by atoms with Gasteiger partial charge in [0.25, 0.3) is 0 Å². The summed E-state index contributed by atoms with van der Waals surface area (Å²) in [6.07, 6.45) is 3.18. The van der Waals surface area contributed by atoms with Crippen LogP contribution in [-0.2, 0) is 5.54 Å². The van der Waals surface area contributed by atoms with E-state index in [2.05, 4.69) is 22.9 Å². The van der Waals surface area contributed by atoms with Crippen molar-refractivity contribution in [2.24, 2.45) is 11.7 Å². The van der Waals surface area contributed by atoms with Gasteiger partial charge in [-0.25, -0.2) is 0 Å². The van der Waals surface area contributed by atoms with E-state index in [1.54, 1.807) is 14.2 Å². The molecule has 0 aromatic heterocycles. The van der Waals surface area contributed by atoms with Crippen molar-refractivity contribution >= 4 is 15.9 Å². The van der Waals surface area contributed by atoms with Gasteiger partial charge in [-0.15, -0.1) is 0 Å². The summed E-state index contributed by atoms with van der Waals surface area (Å²) in [6.45, 7) is 2.25. The summed E-state index contributed by atoms with van der Waals surface area (Å²) in [6, 6.07) is 3.97. The lowest BCUT2D eigenvalue weighted by molar-refractivity contribution is 0.362. The molecule has 2 N–H and O–H groups in total. The largest absolute Gasteiger partial charge is 0.495 e. The van der Waals surface area contributed by atoms with Gasteiger partial charge >= 0.3 is 0 Å². The topological polar surface area (TPSA) is 44.5 Å². The molecule has 2 atom stereocenters. The molecule has 1 aromatic carbocycles. The van der Waals surface area contributed by atoms with Crippen LogP contribution in [0.5, 0.6) is 11.5 Å². The molecule has 2 rings (SSSR count). The molecule has 1 fully saturated rings. The van der Waals surface area contributed by atoms with Gasteiger partial charge < -0.3 is 15.2 Å². The Morgan fingerprint density at radius 1 is 1.33 bits per heavy atom. The van der Waals surface area contributed by atoms with Crippen molar-refractivity contribution in [3.8, 4) is 11.5 Å². The molecule has 0 amide bonds. The first-order valence-corrected chi connectivity index (χ1v) is 7.01. The third kappa shape index (κ3) is 2.24. The number of nitrogens with two attached hydrogens (primary N) is 1. The van der Waals surface area contributed by atoms with Gasteiger partial charge in [-0.3, -0.25) is 0 Å². The van der Waals surface area contributed by atoms with Crippen LogP contribution < -0.4 is 15.2 Å². The monoisotopic (exact) mass is 313 g/mol. The second-order valence-corrected chi connectivity index (χ2v) is 5.96. The van der Waals surface area contributed by atoms with Crippen LogP contribution in [0.15, 0.2) is 16.6 Å². The van der Waals surface area contributed by atoms with Gasteiger partial charge in [0.15, 0.2) is 0 Å². The molecule has 3 nitrogen and oxygen atoms in total. The first kappa shape index (κ1) is 13.7. The van der Waals surface area contributed by atoms with Crippen LogP contribution in [0, 0.1) is 5.92 Å². The fourth-order valence-corrected chi connectivity index (χ4v) is 3.53. The van der Waals surface area contributed by atoms with Gasteiger partial charge in [-0.2, -0.15) is 0 Å². The highest BCUT2D eigenvalue weighted by Crippen LogP contribution is 2.47. The number of halogens is 1. The normalized spacial score (nSPS) is 27.3. The van der Waals surface area contributed by atoms with E-state index in [9.17, 15) is 0 Å². The Balaban J connectivity index is 2.48. The van der Waals surface area contributed by atoms with Gasteiger partial charge in [0.1, 0.15) is 16.0 Å². The van der Waals surface area contributed by atoms with Crippen molar-refractivity contribution in [3.05, 3.63) is 22.2 Å². The Morgan fingerprint density at radius 3 is 2.56 bits per heavy atom. The number of methoxy groups -OCH3 is 2. The molecule has 0 heterocycles. The molecule has 18 heavy (non-hydrogen) atoms. The van der Waals surface area contributed by atoms with Crippen LogP contribution in [-0.4, -0.2) is 14.2 Å². The highest BCUT2D eigenvalue weighted by Gasteiger charge is 2.38. The zero-order valence-electron chi connectivity index (χ0n) is 11.1. The average molecular weight is 314 g/mol. The molecule has 1 aromatic rings. The first-order chi connectivity index (χ1) is 8.51. The predicted molar refractivity (Wildman–Crippen MR) is 76.1 cm³/mol. The molecule has 1 saturated carbocycles. The van der Waals surface area contributed by atoms with E-state index in [1.165, 1.54) is 6.42 Å². The molecule has 100 valence electrons. The maximum absolute atomic E-state index is 6.57. The standard InChI is InChI=1S/C14H20BrNO2/c1-9-6-7-14(16,8-9)10-4-5-11(17-2)12(15)13(10)18-3/h4-5,9H,6-8,16H2,1-3H3. The molecular formula is C14H20BrNO2. The second-order valence-electron chi connectivity index (χ2n) is 5.17. The number of ether oxygens (including phenoxy) is 2. The summed E-state index contributed by atoms with van der Waals surface area (Å²) in [4.78, 5) is 0. The minimum absolute atomic E-state index is 0.278. The highest BCUT2D eigenvalue weighted by molar-refractivity contribution is 9.10. The molecule has 1 aliphatic rings. The van der Waals surface area contributed by atoms with Crippen LogP contribution in [0.3, 0.4) is 0 Å². The summed E-state index contributed by atoms with van der Waals surface area (Å²) < 4.78 is 11.7. The van der Waals surface area contributed by atoms with Crippen LogP contribution in [0.4, 0.5) is 0 Å². The molecule has 1 aliphatic carbocycles. The number of hydrogen-bond acceptors (Lipinski definition) is 3. The van der Waals surface area contributed by atoms with E-state index in [1.807, 2.05) is 12.1 Å². The van der Waals surface area contributed by atoms with Crippen molar-refractivity contribution in [2.75, 3.05) is 14.2 Å². The fraction of sp³-hybridized carbons (Fsp3) is 0.571. The highest BCUT2D eigenvalue weighted by atomic mass is 79.9. The number of hydrogen-bond donors (Lipinski definition) is 1. The van der Waals surface area contributed by atoms with E-state index in [-0.39, 0.29) is 5.54 Å². The van der Waals surface area contributed by atoms with Crippen LogP contribution in [0.25, 0.3) is 0 Å². The van der Waals surface area contributed by atoms with Crippen LogP contribution in [0.1, 0.15) is 31.7 Å². The Morgan fingerprint density at radius 2 is 2.06 bits per heavy atom. The van der Waals surface area contributed by atoms with Crippen molar-refractivity contribution in [3.63, 3.8) is 0 Å². The lowest BCUT2D eigenvalue weighted by Crippen LogP contribution is -2.34. The average Bonchev–Trinajstić information content (AvgIpc) is 2.70. The lowest BCUT2D eigenvalue weighted by atomic mass is 9.87. The summed E-state index contributed by atoms with van der Waals surface area (Å²) >= 11 is 3.53. The van der Waals surface area contributed by atoms with Crippen molar-refractivity contribution < 1.29 is 9.47 Å². The zero-order chi connectivity index (χ0) is 13.3. The van der Waals surface area contributed by atoms with E-state index >= 15 is 0 Å². The summed E-state index contributed by atoms with van der Waals surface area (Å²) in [5, 5.41) is 0. The van der Waals surface area contributed by atoms with E-state index < -0.39 is 0 Å². The van der Waals surface area contributed by atoms with Gasteiger partial charge in [0, 0.05) is 11.1 Å². The molecule has 0 radical (unpaired) electrons. The Labute approximate surface area is 117 Å². The second kappa shape index (κ2) is 5.10. The van der Waals surface area contributed by atoms with Gasteiger partial charge in [0.2, 0.25) is 0 Å². The van der Waals surface area contributed by atoms with E-state index in [4.69, 9.17) is 15.2 Å². The minimum atomic E-state index is -0.278. The molecule has 0 saturated heterocycles. The van der Waals surface area contributed by atoms with Crippen LogP contribution >= 0.6 is 15.9 Å². The van der Waals surface area contributed by atoms with Crippen molar-refractivity contribution in [1.29, 1.82) is 0 Å². The van der Waals surface area contributed by atoms with Crippen LogP contribution in [0.2, 0.25) is 0 Å². The smallest absolute Gasteiger partial charge is 0.141 e. The first-order valence-electron chi connectivity index (χ1n) is 6.21. The molecule has 0 aliphatic heterocycles. The maximum atomic E-state index is 6.57. The van der Waals surface area contributed by atoms with Gasteiger partial charge in [-0.05, 0) is 53.2 Å². The predicted octanol–water partition coefficient (Wildman–Crippen LogP) is 3.44. The molecule has 0 spiro atoms. The van der Waals surface area contributed by atoms with E-state index in [0.29, 0.717) is 5.92 Å². The Bertz CT molecular complexity index is 450. The summed E-state index contributed by atoms with van der Waals surface area (Å²) in [5.41, 5.74) is 7.36. The molecular weight excluding hydrogens is 294 g/mol. The van der Waals surface area contributed by atoms with Crippen molar-refractivity contribution in [2.45, 2.75) is 31.7 Å². The molecule has 0 bridgehead atoms. The maximum Gasteiger partial charge on any atom is 0.141 e. The third-order valence-electron chi connectivity index (χ3n) is 3.82.